The number of ether oxygens (including phenoxy) is 1. The van der Waals surface area contributed by atoms with Gasteiger partial charge in [-0.05, 0) is 73.2 Å². The fraction of sp³-hybridized carbons (Fsp3) is 0.143. The summed E-state index contributed by atoms with van der Waals surface area (Å²) in [5.41, 5.74) is 13.3. The van der Waals surface area contributed by atoms with Gasteiger partial charge in [0.1, 0.15) is 28.3 Å². The summed E-state index contributed by atoms with van der Waals surface area (Å²) in [6.45, 7) is 1.70. The highest BCUT2D eigenvalue weighted by atomic mass is 35.5. The lowest BCUT2D eigenvalue weighted by atomic mass is 10.1. The molecule has 4 aromatic rings. The molecule has 4 rings (SSSR count). The lowest BCUT2D eigenvalue weighted by Crippen LogP contribution is -2.39. The first-order valence-electron chi connectivity index (χ1n) is 12.0. The van der Waals surface area contributed by atoms with Crippen LogP contribution in [0.4, 0.5) is 21.0 Å². The molecule has 1 heterocycles. The standard InChI is InChI=1S/C28H25ClFN5O4S/c1-16(27(32)38)35(21-10-8-20(30)9-11-21)28-34-26(31)25(40-28)24(37)18-4-12-22(13-5-18)39-15-23(36)33-14-17-2-6-19(29)7-3-17/h2-13,16H,14-15,31H2,1H3,(H2,32,38)(H,33,36)/t16-/m1/s1. The lowest BCUT2D eigenvalue weighted by molar-refractivity contribution is -0.123. The molecule has 40 heavy (non-hydrogen) atoms. The number of aromatic nitrogens is 1. The fourth-order valence-electron chi connectivity index (χ4n) is 3.65. The van der Waals surface area contributed by atoms with Crippen LogP contribution >= 0.6 is 22.9 Å². The molecule has 0 bridgehead atoms. The molecule has 0 saturated carbocycles. The van der Waals surface area contributed by atoms with Crippen molar-refractivity contribution in [3.8, 4) is 5.75 Å². The predicted molar refractivity (Wildman–Crippen MR) is 152 cm³/mol. The molecule has 3 aromatic carbocycles. The molecule has 5 N–H and O–H groups in total. The number of hydrogen-bond donors (Lipinski definition) is 3. The van der Waals surface area contributed by atoms with E-state index in [2.05, 4.69) is 10.3 Å². The Balaban J connectivity index is 1.42. The number of hydrogen-bond acceptors (Lipinski definition) is 8. The summed E-state index contributed by atoms with van der Waals surface area (Å²) in [6, 6.07) is 17.9. The van der Waals surface area contributed by atoms with Gasteiger partial charge in [0.15, 0.2) is 11.7 Å². The van der Waals surface area contributed by atoms with Crippen molar-refractivity contribution in [3.05, 3.63) is 99.6 Å². The van der Waals surface area contributed by atoms with Gasteiger partial charge < -0.3 is 26.4 Å². The van der Waals surface area contributed by atoms with Crippen LogP contribution in [0.2, 0.25) is 5.02 Å². The normalized spacial score (nSPS) is 11.5. The first-order valence-corrected chi connectivity index (χ1v) is 13.2. The van der Waals surface area contributed by atoms with E-state index >= 15 is 0 Å². The van der Waals surface area contributed by atoms with Crippen molar-refractivity contribution < 1.29 is 23.5 Å². The number of ketones is 1. The summed E-state index contributed by atoms with van der Waals surface area (Å²) >= 11 is 6.85. The first kappa shape index (κ1) is 28.5. The second-order valence-corrected chi connectivity index (χ2v) is 10.1. The van der Waals surface area contributed by atoms with Gasteiger partial charge in [-0.2, -0.15) is 0 Å². The summed E-state index contributed by atoms with van der Waals surface area (Å²) in [6.07, 6.45) is 0. The molecule has 9 nitrogen and oxygen atoms in total. The van der Waals surface area contributed by atoms with Gasteiger partial charge in [-0.1, -0.05) is 35.1 Å². The molecule has 0 aliphatic rings. The quantitative estimate of drug-likeness (QED) is 0.222. The monoisotopic (exact) mass is 581 g/mol. The summed E-state index contributed by atoms with van der Waals surface area (Å²) in [4.78, 5) is 43.3. The number of nitrogen functional groups attached to an aromatic ring is 1. The maximum Gasteiger partial charge on any atom is 0.258 e. The van der Waals surface area contributed by atoms with Crippen molar-refractivity contribution in [1.82, 2.24) is 10.3 Å². The predicted octanol–water partition coefficient (Wildman–Crippen LogP) is 4.46. The average Bonchev–Trinajstić information content (AvgIpc) is 3.33. The summed E-state index contributed by atoms with van der Waals surface area (Å²) in [7, 11) is 0. The van der Waals surface area contributed by atoms with Gasteiger partial charge in [0.05, 0.1) is 0 Å². The number of amides is 2. The third kappa shape index (κ3) is 6.93. The van der Waals surface area contributed by atoms with E-state index < -0.39 is 17.8 Å². The molecule has 12 heteroatoms. The van der Waals surface area contributed by atoms with Crippen molar-refractivity contribution in [2.75, 3.05) is 17.2 Å². The number of thiazole rings is 1. The molecular weight excluding hydrogens is 557 g/mol. The van der Waals surface area contributed by atoms with Crippen LogP contribution < -0.4 is 26.4 Å². The molecule has 0 fully saturated rings. The Labute approximate surface area is 238 Å². The Morgan fingerprint density at radius 1 is 1.05 bits per heavy atom. The van der Waals surface area contributed by atoms with Crippen LogP contribution in [0.1, 0.15) is 27.7 Å². The summed E-state index contributed by atoms with van der Waals surface area (Å²) in [5.74, 6) is -1.41. The van der Waals surface area contributed by atoms with Crippen LogP contribution in [0.25, 0.3) is 0 Å². The highest BCUT2D eigenvalue weighted by molar-refractivity contribution is 7.18. The van der Waals surface area contributed by atoms with Crippen molar-refractivity contribution in [2.45, 2.75) is 19.5 Å². The number of nitrogens with two attached hydrogens (primary N) is 2. The zero-order valence-corrected chi connectivity index (χ0v) is 22.8. The average molecular weight is 582 g/mol. The molecule has 0 aliphatic heterocycles. The first-order chi connectivity index (χ1) is 19.1. The van der Waals surface area contributed by atoms with Crippen LogP contribution in [0.5, 0.6) is 5.75 Å². The van der Waals surface area contributed by atoms with Crippen LogP contribution in [0, 0.1) is 5.82 Å². The minimum absolute atomic E-state index is 0.0218. The Kier molecular flexibility index (Phi) is 8.97. The van der Waals surface area contributed by atoms with E-state index in [0.29, 0.717) is 28.6 Å². The largest absolute Gasteiger partial charge is 0.484 e. The van der Waals surface area contributed by atoms with Crippen LogP contribution in [0.15, 0.2) is 72.8 Å². The third-order valence-corrected chi connectivity index (χ3v) is 7.17. The van der Waals surface area contributed by atoms with Crippen LogP contribution in [-0.2, 0) is 16.1 Å². The zero-order valence-electron chi connectivity index (χ0n) is 21.3. The molecule has 0 spiro atoms. The van der Waals surface area contributed by atoms with Gasteiger partial charge in [-0.15, -0.1) is 0 Å². The molecule has 0 radical (unpaired) electrons. The second-order valence-electron chi connectivity index (χ2n) is 8.68. The van der Waals surface area contributed by atoms with E-state index in [1.54, 1.807) is 43.3 Å². The minimum atomic E-state index is -0.848. The highest BCUT2D eigenvalue weighted by Gasteiger charge is 2.27. The maximum absolute atomic E-state index is 13.5. The second kappa shape index (κ2) is 12.6. The van der Waals surface area contributed by atoms with Gasteiger partial charge >= 0.3 is 0 Å². The number of nitrogens with one attached hydrogen (secondary N) is 1. The third-order valence-electron chi connectivity index (χ3n) is 5.85. The van der Waals surface area contributed by atoms with E-state index in [1.165, 1.54) is 29.2 Å². The van der Waals surface area contributed by atoms with E-state index in [1.807, 2.05) is 12.1 Å². The number of nitrogens with zero attached hydrogens (tertiary/aromatic N) is 2. The molecule has 1 aromatic heterocycles. The summed E-state index contributed by atoms with van der Waals surface area (Å²) < 4.78 is 19.0. The Bertz CT molecular complexity index is 1510. The number of halogens is 2. The number of carbonyl (C=O) groups is 3. The lowest BCUT2D eigenvalue weighted by Gasteiger charge is -2.26. The fourth-order valence-corrected chi connectivity index (χ4v) is 4.83. The van der Waals surface area contributed by atoms with Gasteiger partial charge in [0.25, 0.3) is 5.91 Å². The zero-order chi connectivity index (χ0) is 28.8. The van der Waals surface area contributed by atoms with Crippen molar-refractivity contribution >= 4 is 57.2 Å². The number of carbonyl (C=O) groups excluding carboxylic acids is 3. The number of anilines is 3. The molecule has 206 valence electrons. The molecule has 0 aliphatic carbocycles. The molecule has 1 atom stereocenters. The SMILES string of the molecule is C[C@H](C(N)=O)N(c1ccc(F)cc1)c1nc(N)c(C(=O)c2ccc(OCC(=O)NCc3ccc(Cl)cc3)cc2)s1. The Morgan fingerprint density at radius 3 is 2.33 bits per heavy atom. The summed E-state index contributed by atoms with van der Waals surface area (Å²) in [5, 5.41) is 3.62. The molecule has 0 saturated heterocycles. The molecular formula is C28H25ClFN5O4S. The Morgan fingerprint density at radius 2 is 1.70 bits per heavy atom. The van der Waals surface area contributed by atoms with Crippen LogP contribution in [0.3, 0.4) is 0 Å². The molecule has 2 amide bonds. The van der Waals surface area contributed by atoms with Gasteiger partial charge in [0.2, 0.25) is 11.7 Å². The number of benzene rings is 3. The van der Waals surface area contributed by atoms with Crippen molar-refractivity contribution in [2.24, 2.45) is 5.73 Å². The number of rotatable bonds is 11. The maximum atomic E-state index is 13.5. The molecule has 0 unspecified atom stereocenters. The van der Waals surface area contributed by atoms with Crippen LogP contribution in [-0.4, -0.2) is 35.2 Å². The Hall–Kier alpha value is -4.48. The van der Waals surface area contributed by atoms with E-state index in [4.69, 9.17) is 27.8 Å². The number of primary amides is 1. The van der Waals surface area contributed by atoms with E-state index in [-0.39, 0.29) is 34.1 Å². The van der Waals surface area contributed by atoms with Crippen molar-refractivity contribution in [3.63, 3.8) is 0 Å². The van der Waals surface area contributed by atoms with E-state index in [0.717, 1.165) is 16.9 Å². The topological polar surface area (TPSA) is 141 Å². The van der Waals surface area contributed by atoms with Gasteiger partial charge in [-0.3, -0.25) is 14.4 Å². The van der Waals surface area contributed by atoms with Crippen molar-refractivity contribution in [1.29, 1.82) is 0 Å². The highest BCUT2D eigenvalue weighted by Crippen LogP contribution is 2.36. The minimum Gasteiger partial charge on any atom is -0.484 e. The smallest absolute Gasteiger partial charge is 0.258 e. The van der Waals surface area contributed by atoms with Gasteiger partial charge in [-0.25, -0.2) is 9.37 Å². The van der Waals surface area contributed by atoms with E-state index in [9.17, 15) is 18.8 Å². The van der Waals surface area contributed by atoms with Gasteiger partial charge in [0, 0.05) is 22.8 Å².